The monoisotopic (exact) mass is 595 g/mol. The van der Waals surface area contributed by atoms with E-state index in [4.69, 9.17) is 9.84 Å². The van der Waals surface area contributed by atoms with E-state index in [1.807, 2.05) is 0 Å². The molecule has 4 nitrogen and oxygen atoms in total. The molecule has 1 unspecified atom stereocenters. The van der Waals surface area contributed by atoms with Crippen LogP contribution in [0.15, 0.2) is 0 Å². The molecule has 0 spiro atoms. The van der Waals surface area contributed by atoms with E-state index in [9.17, 15) is 9.59 Å². The lowest BCUT2D eigenvalue weighted by Crippen LogP contribution is -2.18. The fourth-order valence-electron chi connectivity index (χ4n) is 6.01. The van der Waals surface area contributed by atoms with Crippen LogP contribution in [0.2, 0.25) is 0 Å². The Bertz CT molecular complexity index is 561. The van der Waals surface area contributed by atoms with Crippen molar-refractivity contribution in [1.29, 1.82) is 0 Å². The second-order valence-electron chi connectivity index (χ2n) is 13.1. The van der Waals surface area contributed by atoms with E-state index in [1.54, 1.807) is 0 Å². The zero-order valence-corrected chi connectivity index (χ0v) is 28.6. The molecule has 4 heteroatoms. The number of carbonyl (C=O) groups is 2. The van der Waals surface area contributed by atoms with Crippen LogP contribution in [0.25, 0.3) is 0 Å². The molecule has 0 saturated heterocycles. The van der Waals surface area contributed by atoms with Crippen molar-refractivity contribution >= 4 is 11.9 Å². The molecule has 0 rings (SSSR count). The number of unbranched alkanes of at least 4 members (excludes halogenated alkanes) is 26. The van der Waals surface area contributed by atoms with Gasteiger partial charge < -0.3 is 9.84 Å². The molecule has 0 aliphatic heterocycles. The van der Waals surface area contributed by atoms with Gasteiger partial charge in [-0.1, -0.05) is 174 Å². The molecule has 0 aliphatic rings. The number of carbonyl (C=O) groups excluding carboxylic acids is 1. The second-order valence-corrected chi connectivity index (χ2v) is 13.1. The highest BCUT2D eigenvalue weighted by Crippen LogP contribution is 2.19. The van der Waals surface area contributed by atoms with Gasteiger partial charge in [-0.3, -0.25) is 9.59 Å². The molecular weight excluding hydrogens is 520 g/mol. The van der Waals surface area contributed by atoms with Crippen LogP contribution in [-0.2, 0) is 14.3 Å². The maximum Gasteiger partial charge on any atom is 0.306 e. The molecule has 0 aromatic heterocycles. The Morgan fingerprint density at radius 3 is 1.07 bits per heavy atom. The standard InChI is InChI=1S/C38H74O4/c1-3-5-7-9-10-11-16-21-24-27-31-35-38(41)42-36(32-28-8-6-4-2)33-29-25-22-19-17-14-12-13-15-18-20-23-26-30-34-37(39)40/h36H,3-35H2,1-2H3,(H,39,40). The Balaban J connectivity index is 3.76. The van der Waals surface area contributed by atoms with Crippen LogP contribution in [-0.4, -0.2) is 23.1 Å². The van der Waals surface area contributed by atoms with Crippen molar-refractivity contribution in [3.8, 4) is 0 Å². The van der Waals surface area contributed by atoms with Crippen LogP contribution < -0.4 is 0 Å². The zero-order valence-electron chi connectivity index (χ0n) is 28.6. The maximum atomic E-state index is 12.5. The third-order valence-corrected chi connectivity index (χ3v) is 8.83. The minimum Gasteiger partial charge on any atom is -0.481 e. The van der Waals surface area contributed by atoms with Crippen molar-refractivity contribution in [2.75, 3.05) is 0 Å². The van der Waals surface area contributed by atoms with Gasteiger partial charge in [0.25, 0.3) is 0 Å². The first-order chi connectivity index (χ1) is 20.6. The second kappa shape index (κ2) is 34.4. The molecule has 0 aromatic carbocycles. The summed E-state index contributed by atoms with van der Waals surface area (Å²) < 4.78 is 5.99. The van der Waals surface area contributed by atoms with E-state index in [0.717, 1.165) is 32.1 Å². The largest absolute Gasteiger partial charge is 0.481 e. The van der Waals surface area contributed by atoms with Gasteiger partial charge in [0.1, 0.15) is 6.10 Å². The minimum absolute atomic E-state index is 0.0459. The highest BCUT2D eigenvalue weighted by Gasteiger charge is 2.14. The molecule has 0 fully saturated rings. The topological polar surface area (TPSA) is 63.6 Å². The van der Waals surface area contributed by atoms with Crippen LogP contribution in [0.5, 0.6) is 0 Å². The van der Waals surface area contributed by atoms with E-state index in [-0.39, 0.29) is 12.1 Å². The first-order valence-electron chi connectivity index (χ1n) is 19.0. The van der Waals surface area contributed by atoms with Gasteiger partial charge in [0.15, 0.2) is 0 Å². The lowest BCUT2D eigenvalue weighted by atomic mass is 10.0. The number of carboxylic acids is 1. The molecule has 42 heavy (non-hydrogen) atoms. The zero-order chi connectivity index (χ0) is 30.8. The highest BCUT2D eigenvalue weighted by molar-refractivity contribution is 5.69. The molecule has 0 saturated carbocycles. The summed E-state index contributed by atoms with van der Waals surface area (Å²) in [6, 6.07) is 0. The molecule has 0 amide bonds. The van der Waals surface area contributed by atoms with Crippen molar-refractivity contribution in [3.63, 3.8) is 0 Å². The fraction of sp³-hybridized carbons (Fsp3) is 0.947. The number of esters is 1. The Kier molecular flexibility index (Phi) is 33.6. The molecule has 0 radical (unpaired) electrons. The summed E-state index contributed by atoms with van der Waals surface area (Å²) in [5, 5.41) is 8.67. The molecule has 0 aliphatic carbocycles. The van der Waals surface area contributed by atoms with Gasteiger partial charge >= 0.3 is 11.9 Å². The van der Waals surface area contributed by atoms with Crippen molar-refractivity contribution in [1.82, 2.24) is 0 Å². The molecule has 1 atom stereocenters. The Labute approximate surface area is 262 Å². The SMILES string of the molecule is CCCCCCCCCCCCCC(=O)OC(CCCCCC)CCCCCCCCCCCCCCCCC(=O)O. The predicted octanol–water partition coefficient (Wildman–Crippen LogP) is 12.9. The van der Waals surface area contributed by atoms with E-state index in [2.05, 4.69) is 13.8 Å². The smallest absolute Gasteiger partial charge is 0.306 e. The number of carboxylic acid groups (broad SMARTS) is 1. The Hall–Kier alpha value is -1.06. The Morgan fingerprint density at radius 2 is 0.714 bits per heavy atom. The van der Waals surface area contributed by atoms with Crippen molar-refractivity contribution in [3.05, 3.63) is 0 Å². The van der Waals surface area contributed by atoms with Crippen LogP contribution >= 0.6 is 0 Å². The first-order valence-corrected chi connectivity index (χ1v) is 19.0. The van der Waals surface area contributed by atoms with Gasteiger partial charge in [-0.2, -0.15) is 0 Å². The summed E-state index contributed by atoms with van der Waals surface area (Å²) in [6.45, 7) is 4.53. The summed E-state index contributed by atoms with van der Waals surface area (Å²) in [6.07, 6.45) is 40.0. The lowest BCUT2D eigenvalue weighted by molar-refractivity contribution is -0.150. The molecule has 1 N–H and O–H groups in total. The van der Waals surface area contributed by atoms with Crippen LogP contribution in [0.1, 0.15) is 226 Å². The van der Waals surface area contributed by atoms with Gasteiger partial charge in [0.05, 0.1) is 0 Å². The van der Waals surface area contributed by atoms with Gasteiger partial charge in [-0.05, 0) is 38.5 Å². The third kappa shape index (κ3) is 33.4. The minimum atomic E-state index is -0.664. The first kappa shape index (κ1) is 40.9. The van der Waals surface area contributed by atoms with Gasteiger partial charge in [-0.15, -0.1) is 0 Å². The quantitative estimate of drug-likeness (QED) is 0.0585. The molecule has 0 aromatic rings. The number of hydrogen-bond acceptors (Lipinski definition) is 3. The van der Waals surface area contributed by atoms with Gasteiger partial charge in [0, 0.05) is 12.8 Å². The van der Waals surface area contributed by atoms with Gasteiger partial charge in [-0.25, -0.2) is 0 Å². The van der Waals surface area contributed by atoms with Crippen LogP contribution in [0, 0.1) is 0 Å². The maximum absolute atomic E-state index is 12.5. The van der Waals surface area contributed by atoms with Crippen molar-refractivity contribution in [2.45, 2.75) is 232 Å². The van der Waals surface area contributed by atoms with E-state index in [1.165, 1.54) is 167 Å². The summed E-state index contributed by atoms with van der Waals surface area (Å²) in [4.78, 5) is 23.1. The number of hydrogen-bond donors (Lipinski definition) is 1. The number of rotatable bonds is 35. The summed E-state index contributed by atoms with van der Waals surface area (Å²) in [5.41, 5.74) is 0. The van der Waals surface area contributed by atoms with Crippen LogP contribution in [0.4, 0.5) is 0 Å². The van der Waals surface area contributed by atoms with Gasteiger partial charge in [0.2, 0.25) is 0 Å². The summed E-state index contributed by atoms with van der Waals surface area (Å²) in [5.74, 6) is -0.618. The van der Waals surface area contributed by atoms with Crippen molar-refractivity contribution < 1.29 is 19.4 Å². The molecule has 0 heterocycles. The highest BCUT2D eigenvalue weighted by atomic mass is 16.5. The average Bonchev–Trinajstić information content (AvgIpc) is 2.97. The van der Waals surface area contributed by atoms with Crippen LogP contribution in [0.3, 0.4) is 0 Å². The molecule has 0 bridgehead atoms. The number of aliphatic carboxylic acids is 1. The third-order valence-electron chi connectivity index (χ3n) is 8.83. The summed E-state index contributed by atoms with van der Waals surface area (Å²) in [7, 11) is 0. The average molecular weight is 595 g/mol. The van der Waals surface area contributed by atoms with E-state index in [0.29, 0.717) is 12.8 Å². The number of ether oxygens (including phenoxy) is 1. The normalized spacial score (nSPS) is 12.0. The molecule has 250 valence electrons. The fourth-order valence-corrected chi connectivity index (χ4v) is 6.01. The lowest BCUT2D eigenvalue weighted by Gasteiger charge is -2.18. The predicted molar refractivity (Wildman–Crippen MR) is 181 cm³/mol. The van der Waals surface area contributed by atoms with E-state index >= 15 is 0 Å². The van der Waals surface area contributed by atoms with Crippen molar-refractivity contribution in [2.24, 2.45) is 0 Å². The molecular formula is C38H74O4. The summed E-state index contributed by atoms with van der Waals surface area (Å²) >= 11 is 0. The van der Waals surface area contributed by atoms with E-state index < -0.39 is 5.97 Å². The Morgan fingerprint density at radius 1 is 0.429 bits per heavy atom.